The normalized spacial score (nSPS) is 10.5. The third-order valence-corrected chi connectivity index (χ3v) is 3.35. The standard InChI is InChI=1S/C19H15ClO5/c1-2-24-17(21)12-5-13-3-6-15(7-4-13)19(23)25-16-10-8-14(9-11-16)18(20)22/h3-12H,2H2,1H3. The molecule has 0 bridgehead atoms. The minimum Gasteiger partial charge on any atom is -0.463 e. The number of hydrogen-bond acceptors (Lipinski definition) is 5. The topological polar surface area (TPSA) is 69.7 Å². The van der Waals surface area contributed by atoms with E-state index in [1.54, 1.807) is 37.3 Å². The molecule has 0 atom stereocenters. The molecule has 0 saturated heterocycles. The van der Waals surface area contributed by atoms with Gasteiger partial charge in [-0.2, -0.15) is 0 Å². The molecule has 0 radical (unpaired) electrons. The van der Waals surface area contributed by atoms with Crippen LogP contribution in [0, 0.1) is 0 Å². The van der Waals surface area contributed by atoms with Gasteiger partial charge in [0.1, 0.15) is 5.75 Å². The Bertz CT molecular complexity index is 792. The first kappa shape index (κ1) is 18.4. The zero-order valence-electron chi connectivity index (χ0n) is 13.4. The van der Waals surface area contributed by atoms with Crippen molar-refractivity contribution in [1.82, 2.24) is 0 Å². The second-order valence-electron chi connectivity index (χ2n) is 4.89. The Balaban J connectivity index is 2.00. The molecule has 0 aliphatic heterocycles. The highest BCUT2D eigenvalue weighted by molar-refractivity contribution is 6.67. The molecule has 0 N–H and O–H groups in total. The molecule has 0 unspecified atom stereocenters. The Morgan fingerprint density at radius 3 is 2.12 bits per heavy atom. The summed E-state index contributed by atoms with van der Waals surface area (Å²) in [6.07, 6.45) is 2.91. The van der Waals surface area contributed by atoms with Crippen LogP contribution >= 0.6 is 11.6 Å². The molecule has 128 valence electrons. The summed E-state index contributed by atoms with van der Waals surface area (Å²) >= 11 is 5.35. The molecule has 2 rings (SSSR count). The first-order chi connectivity index (χ1) is 12.0. The van der Waals surface area contributed by atoms with Gasteiger partial charge in [0.25, 0.3) is 5.24 Å². The highest BCUT2D eigenvalue weighted by atomic mass is 35.5. The fourth-order valence-corrected chi connectivity index (χ4v) is 2.03. The van der Waals surface area contributed by atoms with Crippen LogP contribution in [0.5, 0.6) is 5.75 Å². The van der Waals surface area contributed by atoms with E-state index in [2.05, 4.69) is 0 Å². The van der Waals surface area contributed by atoms with Gasteiger partial charge in [-0.3, -0.25) is 4.79 Å². The summed E-state index contributed by atoms with van der Waals surface area (Å²) in [5.41, 5.74) is 1.42. The van der Waals surface area contributed by atoms with Gasteiger partial charge in [0.15, 0.2) is 0 Å². The summed E-state index contributed by atoms with van der Waals surface area (Å²) in [5, 5.41) is -0.579. The van der Waals surface area contributed by atoms with Crippen LogP contribution in [0.1, 0.15) is 33.2 Å². The predicted octanol–water partition coefficient (Wildman–Crippen LogP) is 3.86. The van der Waals surface area contributed by atoms with Crippen molar-refractivity contribution in [3.63, 3.8) is 0 Å². The van der Waals surface area contributed by atoms with Gasteiger partial charge in [0, 0.05) is 11.6 Å². The average Bonchev–Trinajstić information content (AvgIpc) is 2.61. The van der Waals surface area contributed by atoms with Gasteiger partial charge in [0.2, 0.25) is 0 Å². The Morgan fingerprint density at radius 1 is 0.960 bits per heavy atom. The van der Waals surface area contributed by atoms with E-state index in [1.165, 1.54) is 30.3 Å². The fraction of sp³-hybridized carbons (Fsp3) is 0.105. The van der Waals surface area contributed by atoms with Crippen molar-refractivity contribution in [2.45, 2.75) is 6.92 Å². The maximum Gasteiger partial charge on any atom is 0.343 e. The second-order valence-corrected chi connectivity index (χ2v) is 5.24. The molecule has 6 heteroatoms. The Hall–Kier alpha value is -2.92. The SMILES string of the molecule is CCOC(=O)C=Cc1ccc(C(=O)Oc2ccc(C(=O)Cl)cc2)cc1. The molecule has 0 aromatic heterocycles. The molecule has 0 aliphatic carbocycles. The van der Waals surface area contributed by atoms with Gasteiger partial charge in [-0.25, -0.2) is 9.59 Å². The van der Waals surface area contributed by atoms with Crippen molar-refractivity contribution >= 4 is 34.9 Å². The molecule has 2 aromatic rings. The highest BCUT2D eigenvalue weighted by Crippen LogP contribution is 2.16. The lowest BCUT2D eigenvalue weighted by Crippen LogP contribution is -2.08. The molecule has 2 aromatic carbocycles. The van der Waals surface area contributed by atoms with Crippen LogP contribution < -0.4 is 4.74 Å². The minimum atomic E-state index is -0.579. The summed E-state index contributed by atoms with van der Waals surface area (Å²) in [7, 11) is 0. The molecule has 0 amide bonds. The minimum absolute atomic E-state index is 0.304. The van der Waals surface area contributed by atoms with Crippen molar-refractivity contribution in [2.24, 2.45) is 0 Å². The number of benzene rings is 2. The zero-order valence-corrected chi connectivity index (χ0v) is 14.2. The van der Waals surface area contributed by atoms with Crippen LogP contribution in [0.15, 0.2) is 54.6 Å². The van der Waals surface area contributed by atoms with E-state index in [1.807, 2.05) is 0 Å². The van der Waals surface area contributed by atoms with Crippen molar-refractivity contribution in [3.05, 3.63) is 71.3 Å². The molecular weight excluding hydrogens is 344 g/mol. The summed E-state index contributed by atoms with van der Waals surface area (Å²) in [6.45, 7) is 2.04. The molecule has 0 fully saturated rings. The van der Waals surface area contributed by atoms with Crippen LogP contribution in [0.4, 0.5) is 0 Å². The highest BCUT2D eigenvalue weighted by Gasteiger charge is 2.09. The fourth-order valence-electron chi connectivity index (χ4n) is 1.90. The summed E-state index contributed by atoms with van der Waals surface area (Å²) in [6, 6.07) is 12.5. The van der Waals surface area contributed by atoms with E-state index in [-0.39, 0.29) is 0 Å². The number of rotatable bonds is 6. The molecule has 0 saturated carbocycles. The Labute approximate surface area is 149 Å². The summed E-state index contributed by atoms with van der Waals surface area (Å²) < 4.78 is 10.0. The first-order valence-corrected chi connectivity index (χ1v) is 7.84. The van der Waals surface area contributed by atoms with E-state index >= 15 is 0 Å². The van der Waals surface area contributed by atoms with Gasteiger partial charge < -0.3 is 9.47 Å². The van der Waals surface area contributed by atoms with Crippen LogP contribution in [0.2, 0.25) is 0 Å². The van der Waals surface area contributed by atoms with Gasteiger partial charge in [-0.1, -0.05) is 12.1 Å². The van der Waals surface area contributed by atoms with E-state index in [0.29, 0.717) is 23.5 Å². The van der Waals surface area contributed by atoms with Crippen LogP contribution in [-0.2, 0) is 9.53 Å². The Morgan fingerprint density at radius 2 is 1.56 bits per heavy atom. The van der Waals surface area contributed by atoms with Crippen molar-refractivity contribution in [2.75, 3.05) is 6.61 Å². The number of carbonyl (C=O) groups excluding carboxylic acids is 3. The van der Waals surface area contributed by atoms with E-state index in [4.69, 9.17) is 21.1 Å². The average molecular weight is 359 g/mol. The molecule has 0 spiro atoms. The smallest absolute Gasteiger partial charge is 0.343 e. The number of halogens is 1. The number of esters is 2. The molecule has 25 heavy (non-hydrogen) atoms. The van der Waals surface area contributed by atoms with Crippen LogP contribution in [0.25, 0.3) is 6.08 Å². The van der Waals surface area contributed by atoms with Crippen LogP contribution in [-0.4, -0.2) is 23.8 Å². The number of ether oxygens (including phenoxy) is 2. The molecular formula is C19H15ClO5. The second kappa shape index (κ2) is 8.80. The maximum atomic E-state index is 12.1. The summed E-state index contributed by atoms with van der Waals surface area (Å²) in [4.78, 5) is 34.3. The van der Waals surface area contributed by atoms with Crippen molar-refractivity contribution < 1.29 is 23.9 Å². The third-order valence-electron chi connectivity index (χ3n) is 3.14. The predicted molar refractivity (Wildman–Crippen MR) is 93.7 cm³/mol. The van der Waals surface area contributed by atoms with Crippen molar-refractivity contribution in [3.8, 4) is 5.75 Å². The van der Waals surface area contributed by atoms with Gasteiger partial charge in [0.05, 0.1) is 12.2 Å². The Kier molecular flexibility index (Phi) is 6.48. The number of hydrogen-bond donors (Lipinski definition) is 0. The summed E-state index contributed by atoms with van der Waals surface area (Å²) in [5.74, 6) is -0.659. The molecule has 0 heterocycles. The van der Waals surface area contributed by atoms with E-state index in [9.17, 15) is 14.4 Å². The van der Waals surface area contributed by atoms with Gasteiger partial charge in [-0.05, 0) is 66.6 Å². The van der Waals surface area contributed by atoms with Gasteiger partial charge >= 0.3 is 11.9 Å². The van der Waals surface area contributed by atoms with Crippen molar-refractivity contribution in [1.29, 1.82) is 0 Å². The first-order valence-electron chi connectivity index (χ1n) is 7.46. The van der Waals surface area contributed by atoms with Gasteiger partial charge in [-0.15, -0.1) is 0 Å². The lowest BCUT2D eigenvalue weighted by Gasteiger charge is -2.05. The van der Waals surface area contributed by atoms with Crippen LogP contribution in [0.3, 0.4) is 0 Å². The maximum absolute atomic E-state index is 12.1. The lowest BCUT2D eigenvalue weighted by atomic mass is 10.1. The molecule has 5 nitrogen and oxygen atoms in total. The lowest BCUT2D eigenvalue weighted by molar-refractivity contribution is -0.137. The monoisotopic (exact) mass is 358 g/mol. The zero-order chi connectivity index (χ0) is 18.2. The number of carbonyl (C=O) groups is 3. The third kappa shape index (κ3) is 5.58. The van der Waals surface area contributed by atoms with E-state index < -0.39 is 17.2 Å². The molecule has 0 aliphatic rings. The van der Waals surface area contributed by atoms with E-state index in [0.717, 1.165) is 5.56 Å². The quantitative estimate of drug-likeness (QED) is 0.339. The largest absolute Gasteiger partial charge is 0.463 e.